The third-order valence-electron chi connectivity index (χ3n) is 3.62. The van der Waals surface area contributed by atoms with E-state index in [0.717, 1.165) is 22.6 Å². The fraction of sp³-hybridized carbons (Fsp3) is 0.176. The van der Waals surface area contributed by atoms with Crippen molar-refractivity contribution in [2.75, 3.05) is 5.32 Å². The molecule has 2 heterocycles. The van der Waals surface area contributed by atoms with Crippen LogP contribution < -0.4 is 5.32 Å². The standard InChI is InChI=1S/C17H16N6/c1-11-12(2)22-23-17(11)21-15-6-7-19-16(20-15)9-13-4-3-5-14(8-13)10-18/h3-8H,9H2,1-2H3,(H2,19,20,21,22,23). The maximum atomic E-state index is 8.96. The zero-order chi connectivity index (χ0) is 16.2. The SMILES string of the molecule is Cc1[nH]nc(Nc2ccnc(Cc3cccc(C#N)c3)n2)c1C. The molecule has 0 fully saturated rings. The van der Waals surface area contributed by atoms with Gasteiger partial charge in [-0.15, -0.1) is 0 Å². The van der Waals surface area contributed by atoms with Gasteiger partial charge in [0.15, 0.2) is 5.82 Å². The summed E-state index contributed by atoms with van der Waals surface area (Å²) in [4.78, 5) is 8.81. The molecule has 0 saturated heterocycles. The van der Waals surface area contributed by atoms with Crippen LogP contribution in [0.5, 0.6) is 0 Å². The summed E-state index contributed by atoms with van der Waals surface area (Å²) in [5, 5.41) is 19.3. The molecule has 0 atom stereocenters. The van der Waals surface area contributed by atoms with Crippen molar-refractivity contribution in [3.05, 3.63) is 64.7 Å². The van der Waals surface area contributed by atoms with Crippen LogP contribution >= 0.6 is 0 Å². The Balaban J connectivity index is 1.79. The third kappa shape index (κ3) is 3.35. The molecular formula is C17H16N6. The van der Waals surface area contributed by atoms with E-state index in [0.29, 0.717) is 23.6 Å². The molecule has 0 spiro atoms. The zero-order valence-electron chi connectivity index (χ0n) is 13.0. The number of aryl methyl sites for hydroxylation is 1. The van der Waals surface area contributed by atoms with Gasteiger partial charge < -0.3 is 5.32 Å². The molecule has 6 heteroatoms. The number of rotatable bonds is 4. The average Bonchev–Trinajstić information content (AvgIpc) is 2.87. The molecule has 0 saturated carbocycles. The topological polar surface area (TPSA) is 90.3 Å². The summed E-state index contributed by atoms with van der Waals surface area (Å²) in [6.07, 6.45) is 2.29. The van der Waals surface area contributed by atoms with E-state index in [2.05, 4.69) is 31.6 Å². The van der Waals surface area contributed by atoms with Gasteiger partial charge in [0.05, 0.1) is 11.6 Å². The van der Waals surface area contributed by atoms with Crippen LogP contribution in [0.2, 0.25) is 0 Å². The van der Waals surface area contributed by atoms with Crippen molar-refractivity contribution in [2.45, 2.75) is 20.3 Å². The summed E-state index contributed by atoms with van der Waals surface area (Å²) in [5.74, 6) is 2.15. The maximum Gasteiger partial charge on any atom is 0.156 e. The van der Waals surface area contributed by atoms with Crippen molar-refractivity contribution in [3.63, 3.8) is 0 Å². The van der Waals surface area contributed by atoms with Gasteiger partial charge in [0.1, 0.15) is 11.6 Å². The van der Waals surface area contributed by atoms with Crippen LogP contribution in [0, 0.1) is 25.2 Å². The van der Waals surface area contributed by atoms with Gasteiger partial charge in [0.2, 0.25) is 0 Å². The highest BCUT2D eigenvalue weighted by molar-refractivity contribution is 5.56. The Bertz CT molecular complexity index is 875. The molecule has 3 rings (SSSR count). The first-order chi connectivity index (χ1) is 11.2. The first-order valence-corrected chi connectivity index (χ1v) is 7.25. The number of H-pyrrole nitrogens is 1. The van der Waals surface area contributed by atoms with Crippen LogP contribution in [0.1, 0.15) is 28.2 Å². The molecule has 3 aromatic rings. The van der Waals surface area contributed by atoms with Crippen LogP contribution in [-0.2, 0) is 6.42 Å². The number of hydrogen-bond donors (Lipinski definition) is 2. The molecule has 2 aromatic heterocycles. The zero-order valence-corrected chi connectivity index (χ0v) is 13.0. The molecule has 6 nitrogen and oxygen atoms in total. The number of aromatic nitrogens is 4. The molecule has 2 N–H and O–H groups in total. The summed E-state index contributed by atoms with van der Waals surface area (Å²) in [6.45, 7) is 3.97. The number of hydrogen-bond acceptors (Lipinski definition) is 5. The van der Waals surface area contributed by atoms with E-state index >= 15 is 0 Å². The first-order valence-electron chi connectivity index (χ1n) is 7.25. The predicted octanol–water partition coefficient (Wildman–Crippen LogP) is 3.02. The van der Waals surface area contributed by atoms with Gasteiger partial charge in [0.25, 0.3) is 0 Å². The van der Waals surface area contributed by atoms with E-state index in [1.165, 1.54) is 0 Å². The lowest BCUT2D eigenvalue weighted by Gasteiger charge is -2.06. The second kappa shape index (κ2) is 6.28. The molecule has 0 aliphatic carbocycles. The lowest BCUT2D eigenvalue weighted by atomic mass is 10.1. The summed E-state index contributed by atoms with van der Waals surface area (Å²) in [6, 6.07) is 11.4. The van der Waals surface area contributed by atoms with Gasteiger partial charge >= 0.3 is 0 Å². The van der Waals surface area contributed by atoms with E-state index in [9.17, 15) is 0 Å². The van der Waals surface area contributed by atoms with Crippen molar-refractivity contribution < 1.29 is 0 Å². The smallest absolute Gasteiger partial charge is 0.156 e. The molecular weight excluding hydrogens is 288 g/mol. The summed E-state index contributed by atoms with van der Waals surface area (Å²) >= 11 is 0. The lowest BCUT2D eigenvalue weighted by Crippen LogP contribution is -2.01. The summed E-state index contributed by atoms with van der Waals surface area (Å²) in [7, 11) is 0. The highest BCUT2D eigenvalue weighted by atomic mass is 15.2. The molecule has 0 aliphatic rings. The second-order valence-corrected chi connectivity index (χ2v) is 5.29. The third-order valence-corrected chi connectivity index (χ3v) is 3.62. The van der Waals surface area contributed by atoms with Gasteiger partial charge in [-0.25, -0.2) is 9.97 Å². The molecule has 0 radical (unpaired) electrons. The fourth-order valence-electron chi connectivity index (χ4n) is 2.22. The Hall–Kier alpha value is -3.20. The fourth-order valence-corrected chi connectivity index (χ4v) is 2.22. The normalized spacial score (nSPS) is 10.3. The van der Waals surface area contributed by atoms with Gasteiger partial charge in [-0.2, -0.15) is 10.4 Å². The van der Waals surface area contributed by atoms with Crippen molar-refractivity contribution >= 4 is 11.6 Å². The Morgan fingerprint density at radius 3 is 2.87 bits per heavy atom. The highest BCUT2D eigenvalue weighted by Crippen LogP contribution is 2.18. The summed E-state index contributed by atoms with van der Waals surface area (Å²) in [5.41, 5.74) is 3.73. The minimum atomic E-state index is 0.573. The monoisotopic (exact) mass is 304 g/mol. The minimum Gasteiger partial charge on any atom is -0.323 e. The predicted molar refractivity (Wildman–Crippen MR) is 87.3 cm³/mol. The Morgan fingerprint density at radius 2 is 2.13 bits per heavy atom. The molecule has 1 aromatic carbocycles. The number of nitrogens with zero attached hydrogens (tertiary/aromatic N) is 4. The van der Waals surface area contributed by atoms with E-state index in [1.807, 2.05) is 32.0 Å². The molecule has 23 heavy (non-hydrogen) atoms. The molecule has 0 amide bonds. The number of nitriles is 1. The van der Waals surface area contributed by atoms with Crippen molar-refractivity contribution in [2.24, 2.45) is 0 Å². The quantitative estimate of drug-likeness (QED) is 0.773. The van der Waals surface area contributed by atoms with Crippen LogP contribution in [-0.4, -0.2) is 20.2 Å². The Morgan fingerprint density at radius 1 is 1.26 bits per heavy atom. The van der Waals surface area contributed by atoms with Crippen LogP contribution in [0.3, 0.4) is 0 Å². The van der Waals surface area contributed by atoms with Crippen molar-refractivity contribution in [1.82, 2.24) is 20.2 Å². The molecule has 0 aliphatic heterocycles. The van der Waals surface area contributed by atoms with E-state index in [-0.39, 0.29) is 0 Å². The van der Waals surface area contributed by atoms with Crippen LogP contribution in [0.4, 0.5) is 11.6 Å². The maximum absolute atomic E-state index is 8.96. The molecule has 0 bridgehead atoms. The van der Waals surface area contributed by atoms with Gasteiger partial charge in [0, 0.05) is 23.9 Å². The van der Waals surface area contributed by atoms with Crippen molar-refractivity contribution in [1.29, 1.82) is 5.26 Å². The van der Waals surface area contributed by atoms with E-state index in [1.54, 1.807) is 18.3 Å². The van der Waals surface area contributed by atoms with Gasteiger partial charge in [-0.1, -0.05) is 12.1 Å². The number of anilines is 2. The van der Waals surface area contributed by atoms with Gasteiger partial charge in [-0.3, -0.25) is 5.10 Å². The average molecular weight is 304 g/mol. The van der Waals surface area contributed by atoms with E-state index < -0.39 is 0 Å². The molecule has 0 unspecified atom stereocenters. The number of benzene rings is 1. The number of aromatic amines is 1. The minimum absolute atomic E-state index is 0.573. The first kappa shape index (κ1) is 14.7. The van der Waals surface area contributed by atoms with E-state index in [4.69, 9.17) is 5.26 Å². The van der Waals surface area contributed by atoms with Crippen LogP contribution in [0.25, 0.3) is 0 Å². The number of nitrogens with one attached hydrogen (secondary N) is 2. The Labute approximate surface area is 134 Å². The summed E-state index contributed by atoms with van der Waals surface area (Å²) < 4.78 is 0. The largest absolute Gasteiger partial charge is 0.323 e. The molecule has 114 valence electrons. The van der Waals surface area contributed by atoms with Crippen LogP contribution in [0.15, 0.2) is 36.5 Å². The lowest BCUT2D eigenvalue weighted by molar-refractivity contribution is 0.968. The second-order valence-electron chi connectivity index (χ2n) is 5.29. The van der Waals surface area contributed by atoms with Crippen molar-refractivity contribution in [3.8, 4) is 6.07 Å². The van der Waals surface area contributed by atoms with Gasteiger partial charge in [-0.05, 0) is 37.6 Å². The Kier molecular flexibility index (Phi) is 4.02. The highest BCUT2D eigenvalue weighted by Gasteiger charge is 2.07.